The van der Waals surface area contributed by atoms with Crippen molar-refractivity contribution in [1.82, 2.24) is 39.9 Å². The van der Waals surface area contributed by atoms with E-state index in [0.29, 0.717) is 185 Å². The molecule has 0 spiro atoms. The van der Waals surface area contributed by atoms with E-state index in [2.05, 4.69) is 71.9 Å². The molecule has 0 saturated heterocycles. The number of nitrogens with one attached hydrogen (secondary N) is 4. The Morgan fingerprint density at radius 2 is 0.452 bits per heavy atom. The molecule has 4 aromatic heterocycles. The Morgan fingerprint density at radius 1 is 0.269 bits per heavy atom. The first kappa shape index (κ1) is 65.2. The second-order valence-electron chi connectivity index (χ2n) is 26.3. The zero-order valence-electron chi connectivity index (χ0n) is 58.4. The summed E-state index contributed by atoms with van der Waals surface area (Å²) in [6.07, 6.45) is 1.77. The van der Waals surface area contributed by atoms with Gasteiger partial charge in [0.2, 0.25) is 0 Å². The molecule has 24 nitrogen and oxygen atoms in total. The molecule has 0 fully saturated rings. The third-order valence-corrected chi connectivity index (χ3v) is 19.8. The van der Waals surface area contributed by atoms with Crippen LogP contribution in [0.5, 0.6) is 92.0 Å². The number of carbonyl (C=O) groups excluding carboxylic acids is 4. The van der Waals surface area contributed by atoms with E-state index < -0.39 is 47.5 Å². The summed E-state index contributed by atoms with van der Waals surface area (Å²) in [5.41, 5.74) is 10.9. The number of carbonyl (C=O) groups is 4. The highest BCUT2D eigenvalue weighted by Gasteiger charge is 2.39. The van der Waals surface area contributed by atoms with Crippen LogP contribution >= 0.6 is 0 Å². The lowest BCUT2D eigenvalue weighted by Crippen LogP contribution is -2.12. The van der Waals surface area contributed by atoms with Gasteiger partial charge in [-0.1, -0.05) is 27.7 Å². The van der Waals surface area contributed by atoms with Gasteiger partial charge in [0.25, 0.3) is 0 Å². The van der Waals surface area contributed by atoms with Gasteiger partial charge in [0.1, 0.15) is 95.0 Å². The molecule has 24 heteroatoms. The number of esters is 4. The van der Waals surface area contributed by atoms with E-state index in [9.17, 15) is 19.2 Å². The Labute approximate surface area is 594 Å². The minimum atomic E-state index is -0.446. The highest BCUT2D eigenvalue weighted by atomic mass is 16.6. The van der Waals surface area contributed by atoms with Crippen molar-refractivity contribution in [1.29, 1.82) is 0 Å². The fraction of sp³-hybridized carbons (Fsp3) is 0.300. The highest BCUT2D eigenvalue weighted by Crippen LogP contribution is 2.60. The lowest BCUT2D eigenvalue weighted by Gasteiger charge is -2.29. The number of rotatable bonds is 16. The number of imidazole rings is 4. The number of ether oxygens (including phenoxy) is 12. The molecule has 12 aromatic rings. The molecule has 1 aliphatic carbocycles. The van der Waals surface area contributed by atoms with Gasteiger partial charge >= 0.3 is 23.9 Å². The maximum atomic E-state index is 13.0. The summed E-state index contributed by atoms with van der Waals surface area (Å²) < 4.78 is 80.6. The van der Waals surface area contributed by atoms with Crippen LogP contribution in [0.4, 0.5) is 0 Å². The summed E-state index contributed by atoms with van der Waals surface area (Å²) in [5, 5.41) is 0. The fourth-order valence-electron chi connectivity index (χ4n) is 15.3. The van der Waals surface area contributed by atoms with Gasteiger partial charge in [0.05, 0.1) is 70.6 Å². The lowest BCUT2D eigenvalue weighted by atomic mass is 9.77. The van der Waals surface area contributed by atoms with E-state index >= 15 is 0 Å². The molecule has 0 saturated carbocycles. The topological polar surface area (TPSA) is 294 Å². The molecular formula is C80H72N8O16. The van der Waals surface area contributed by atoms with Crippen molar-refractivity contribution in [3.8, 4) is 92.0 Å². The van der Waals surface area contributed by atoms with Crippen LogP contribution in [0.25, 0.3) is 44.1 Å². The number of benzene rings is 8. The summed E-state index contributed by atoms with van der Waals surface area (Å²) in [4.78, 5) is 84.9. The number of hydrogen-bond donors (Lipinski definition) is 4. The van der Waals surface area contributed by atoms with E-state index in [4.69, 9.17) is 76.8 Å². The first-order valence-electron chi connectivity index (χ1n) is 35.5. The van der Waals surface area contributed by atoms with Crippen molar-refractivity contribution in [2.24, 2.45) is 0 Å². The smallest absolute Gasteiger partial charge is 0.313 e. The molecule has 4 unspecified atom stereocenters. The van der Waals surface area contributed by atoms with Gasteiger partial charge in [0.15, 0.2) is 46.0 Å². The largest absolute Gasteiger partial charge is 0.466 e. The maximum absolute atomic E-state index is 13.0. The molecular weight excluding hydrogens is 1330 g/mol. The van der Waals surface area contributed by atoms with Gasteiger partial charge in [-0.15, -0.1) is 0 Å². The van der Waals surface area contributed by atoms with Crippen molar-refractivity contribution in [3.05, 3.63) is 165 Å². The minimum absolute atomic E-state index is 0.102. The Kier molecular flexibility index (Phi) is 16.4. The molecule has 104 heavy (non-hydrogen) atoms. The minimum Gasteiger partial charge on any atom is -0.466 e. The molecule has 5 aliphatic rings. The van der Waals surface area contributed by atoms with Crippen molar-refractivity contribution in [3.63, 3.8) is 0 Å². The van der Waals surface area contributed by atoms with Crippen LogP contribution in [0.3, 0.4) is 0 Å². The monoisotopic (exact) mass is 1400 g/mol. The lowest BCUT2D eigenvalue weighted by molar-refractivity contribution is -0.143. The summed E-state index contributed by atoms with van der Waals surface area (Å²) >= 11 is 0. The van der Waals surface area contributed by atoms with Gasteiger partial charge in [-0.2, -0.15) is 0 Å². The molecule has 8 bridgehead atoms. The van der Waals surface area contributed by atoms with Crippen LogP contribution in [0.15, 0.2) is 97.1 Å². The number of aromatic nitrogens is 8. The Bertz CT molecular complexity index is 4630. The first-order chi connectivity index (χ1) is 50.6. The maximum Gasteiger partial charge on any atom is 0.313 e. The van der Waals surface area contributed by atoms with E-state index in [1.807, 2.05) is 48.5 Å². The molecule has 0 radical (unpaired) electrons. The van der Waals surface area contributed by atoms with Gasteiger partial charge in [0, 0.05) is 141 Å². The first-order valence-corrected chi connectivity index (χ1v) is 35.5. The number of fused-ring (bicyclic) bond motifs is 8. The van der Waals surface area contributed by atoms with Crippen LogP contribution in [-0.4, -0.2) is 90.2 Å². The van der Waals surface area contributed by atoms with Gasteiger partial charge in [-0.05, 0) is 77.6 Å². The molecule has 4 atom stereocenters. The average Bonchev–Trinajstić information content (AvgIpc) is 1.49. The third kappa shape index (κ3) is 11.6. The Hall–Kier alpha value is -12.1. The van der Waals surface area contributed by atoms with Crippen LogP contribution in [0, 0.1) is 0 Å². The molecule has 17 rings (SSSR count). The average molecular weight is 1400 g/mol. The van der Waals surface area contributed by atoms with Gasteiger partial charge in [-0.3, -0.25) is 19.2 Å². The van der Waals surface area contributed by atoms with Crippen molar-refractivity contribution >= 4 is 68.0 Å². The zero-order chi connectivity index (χ0) is 71.3. The highest BCUT2D eigenvalue weighted by molar-refractivity contribution is 5.87. The van der Waals surface area contributed by atoms with E-state index in [1.54, 1.807) is 52.0 Å². The predicted octanol–water partition coefficient (Wildman–Crippen LogP) is 17.7. The Morgan fingerprint density at radius 3 is 0.625 bits per heavy atom. The van der Waals surface area contributed by atoms with Gasteiger partial charge < -0.3 is 76.8 Å². The van der Waals surface area contributed by atoms with E-state index in [-0.39, 0.29) is 52.1 Å². The van der Waals surface area contributed by atoms with Crippen molar-refractivity contribution in [2.75, 3.05) is 26.4 Å². The van der Waals surface area contributed by atoms with Crippen molar-refractivity contribution in [2.45, 2.75) is 130 Å². The molecule has 528 valence electrons. The quantitative estimate of drug-likeness (QED) is 0.0516. The van der Waals surface area contributed by atoms with Crippen LogP contribution in [-0.2, 0) is 63.8 Å². The van der Waals surface area contributed by atoms with Crippen LogP contribution in [0.2, 0.25) is 0 Å². The zero-order valence-corrected chi connectivity index (χ0v) is 58.4. The van der Waals surface area contributed by atoms with Gasteiger partial charge in [-0.25, -0.2) is 19.9 Å². The second-order valence-corrected chi connectivity index (χ2v) is 26.3. The fourth-order valence-corrected chi connectivity index (χ4v) is 15.3. The summed E-state index contributed by atoms with van der Waals surface area (Å²) in [6.45, 7) is 16.5. The SMILES string of the molecule is CCOC(=O)Cc1nc2cc3c(cc2[nH]1)Oc1cc2c4cc1C(CC)c1cc5c(cc1O3)Oc1cc3[nH]c(CC(=O)OCC)nc3cc1Oc1cc3c(cc1C5CC)C(CC)c1cc(c(cc1Oc1cc5nc(CC(=O)OCC)[nH]c5cc1O3)Oc1cc3[nH]c(CC(=O)OCC)nc3cc1O2)C4CC. The number of hydrogen-bond acceptors (Lipinski definition) is 20. The van der Waals surface area contributed by atoms with Crippen LogP contribution < -0.4 is 37.9 Å². The van der Waals surface area contributed by atoms with Crippen LogP contribution in [0.1, 0.15) is 173 Å². The van der Waals surface area contributed by atoms with E-state index in [0.717, 1.165) is 44.5 Å². The number of H-pyrrole nitrogens is 4. The summed E-state index contributed by atoms with van der Waals surface area (Å²) in [5.74, 6) is 4.23. The Balaban J connectivity index is 0.977. The molecule has 8 heterocycles. The summed E-state index contributed by atoms with van der Waals surface area (Å²) in [6, 6.07) is 31.1. The standard InChI is InChI=1S/C80H72N8O16/c1-9-37-41-17-43-38(10-2)45-19-47-40(12-4)48-20-46-39(11-3)44-18-42(37)58-30-60(44)100-68-24-52-54(86-75(84-52)35-79(91)95-15-7)26-70(68)102-62(46)32-64(48)104-72-28-56-55(87-76(88-56)36-80(92)96-16-8)27-71(72)103-63(47)31-61(45)101-69-25-53-51(83-74(85-53)34-78(90)94-14-6)23-67(69)99-59(43)29-57(41)97-65-21-49-50(22-66(65)98-58)82-73(81-49)33-77(89)93-13-5/h17-32,37-40H,9-16,33-36H2,1-8H3,(H,81,82)(H,83,85)(H,84,86)(H,87,88). The predicted molar refractivity (Wildman–Crippen MR) is 381 cm³/mol. The molecule has 8 aromatic carbocycles. The molecule has 0 amide bonds. The summed E-state index contributed by atoms with van der Waals surface area (Å²) in [7, 11) is 0. The van der Waals surface area contributed by atoms with Crippen molar-refractivity contribution < 1.29 is 76.0 Å². The molecule has 4 N–H and O–H groups in total. The molecule has 4 aliphatic heterocycles. The third-order valence-electron chi connectivity index (χ3n) is 19.8. The number of nitrogens with zero attached hydrogens (tertiary/aromatic N) is 4. The second kappa shape index (κ2) is 26.1. The van der Waals surface area contributed by atoms with E-state index in [1.165, 1.54) is 0 Å². The normalized spacial score (nSPS) is 16.2. The number of aromatic amines is 4.